The molecule has 23 heavy (non-hydrogen) atoms. The molecule has 11 nitrogen and oxygen atoms in total. The fraction of sp³-hybridized carbons (Fsp3) is 1.00. The number of phosphoric acid groups is 3. The van der Waals surface area contributed by atoms with E-state index >= 15 is 0 Å². The van der Waals surface area contributed by atoms with Crippen LogP contribution in [0.3, 0.4) is 0 Å². The van der Waals surface area contributed by atoms with E-state index in [9.17, 15) is 13.7 Å². The van der Waals surface area contributed by atoms with Gasteiger partial charge in [-0.2, -0.15) is 8.62 Å². The average molecular weight is 411 g/mol. The van der Waals surface area contributed by atoms with Crippen LogP contribution in [0.1, 0.15) is 39.5 Å². The van der Waals surface area contributed by atoms with Crippen molar-refractivity contribution in [3.8, 4) is 0 Å². The third kappa shape index (κ3) is 23.4. The molecule has 0 saturated heterocycles. The summed E-state index contributed by atoms with van der Waals surface area (Å²) in [5, 5.41) is 8.75. The van der Waals surface area contributed by atoms with Gasteiger partial charge in [-0.15, -0.1) is 0 Å². The molecule has 0 heterocycles. The zero-order chi connectivity index (χ0) is 18.0. The second kappa shape index (κ2) is 13.6. The molecule has 0 spiro atoms. The summed E-state index contributed by atoms with van der Waals surface area (Å²) in [7, 11) is -16.2. The molecular weight excluding hydrogens is 388 g/mol. The molecule has 15 heteroatoms. The van der Waals surface area contributed by atoms with E-state index in [1.54, 1.807) is 0 Å². The third-order valence-electron chi connectivity index (χ3n) is 2.22. The van der Waals surface area contributed by atoms with Gasteiger partial charge in [0.1, 0.15) is 0 Å². The minimum atomic E-state index is -5.46. The summed E-state index contributed by atoms with van der Waals surface area (Å²) in [5.41, 5.74) is 0. The van der Waals surface area contributed by atoms with E-state index in [1.807, 2.05) is 0 Å². The summed E-state index contributed by atoms with van der Waals surface area (Å²) in [6.07, 6.45) is 4.83. The Morgan fingerprint density at radius 2 is 1.30 bits per heavy atom. The van der Waals surface area contributed by atoms with E-state index in [0.29, 0.717) is 12.5 Å². The van der Waals surface area contributed by atoms with Gasteiger partial charge in [-0.1, -0.05) is 33.1 Å². The van der Waals surface area contributed by atoms with Crippen molar-refractivity contribution in [2.24, 2.45) is 5.92 Å². The number of aliphatic hydroxyl groups is 1. The third-order valence-corrected chi connectivity index (χ3v) is 5.57. The molecule has 0 bridgehead atoms. The number of unbranched alkanes of at least 4 members (excludes halogenated alkanes) is 1. The van der Waals surface area contributed by atoms with Crippen molar-refractivity contribution in [2.45, 2.75) is 39.5 Å². The van der Waals surface area contributed by atoms with Crippen molar-refractivity contribution in [1.29, 1.82) is 0 Å². The Morgan fingerprint density at radius 1 is 0.913 bits per heavy atom. The summed E-state index contributed by atoms with van der Waals surface area (Å²) >= 11 is 0. The maximum Gasteiger partial charge on any atom is 0.490 e. The Morgan fingerprint density at radius 3 is 1.52 bits per heavy atom. The van der Waals surface area contributed by atoms with Crippen molar-refractivity contribution < 1.29 is 51.9 Å². The molecule has 0 fully saturated rings. The SMILES string of the molecule is CCCCC(CC)CO.O=P(O)(O)OP(=O)(O)OP(=O)(O)O.[Na]. The molecule has 0 rings (SSSR count). The van der Waals surface area contributed by atoms with Gasteiger partial charge >= 0.3 is 23.5 Å². The van der Waals surface area contributed by atoms with Crippen molar-refractivity contribution in [3.63, 3.8) is 0 Å². The zero-order valence-corrected chi connectivity index (χ0v) is 17.9. The van der Waals surface area contributed by atoms with Crippen LogP contribution in [0.15, 0.2) is 0 Å². The molecule has 0 aromatic carbocycles. The van der Waals surface area contributed by atoms with Gasteiger partial charge in [0.2, 0.25) is 0 Å². The minimum Gasteiger partial charge on any atom is -0.396 e. The van der Waals surface area contributed by atoms with Gasteiger partial charge in [0.15, 0.2) is 0 Å². The molecule has 0 amide bonds. The molecule has 0 aliphatic heterocycles. The first-order valence-electron chi connectivity index (χ1n) is 6.23. The monoisotopic (exact) mass is 411 g/mol. The van der Waals surface area contributed by atoms with Gasteiger partial charge in [-0.3, -0.25) is 0 Å². The topological polar surface area (TPSA) is 191 Å². The predicted octanol–water partition coefficient (Wildman–Crippen LogP) is 1.12. The second-order valence-corrected chi connectivity index (χ2v) is 8.42. The molecule has 0 aromatic rings. The molecule has 0 aliphatic carbocycles. The molecule has 0 saturated carbocycles. The van der Waals surface area contributed by atoms with E-state index in [0.717, 1.165) is 6.42 Å². The number of hydrogen-bond acceptors (Lipinski definition) is 6. The standard InChI is InChI=1S/C8H18O.Na.H5O10P3/c1-3-5-6-8(4-2)7-9;;1-11(2,3)9-13(7,8)10-12(4,5)6/h8-9H,3-7H2,1-2H3;;(H,7,8)(H2,1,2,3)(H2,4,5,6). The van der Waals surface area contributed by atoms with Crippen molar-refractivity contribution in [3.05, 3.63) is 0 Å². The van der Waals surface area contributed by atoms with Crippen LogP contribution < -0.4 is 0 Å². The molecule has 1 radical (unpaired) electrons. The first-order valence-corrected chi connectivity index (χ1v) is 10.8. The zero-order valence-electron chi connectivity index (χ0n) is 13.2. The Balaban J connectivity index is -0.000000354. The van der Waals surface area contributed by atoms with Crippen LogP contribution in [0.25, 0.3) is 0 Å². The molecule has 0 aliphatic rings. The first kappa shape index (κ1) is 29.1. The summed E-state index contributed by atoms with van der Waals surface area (Å²) in [4.78, 5) is 40.2. The minimum absolute atomic E-state index is 0. The molecule has 1 atom stereocenters. The Hall–Kier alpha value is 1.37. The largest absolute Gasteiger partial charge is 0.490 e. The van der Waals surface area contributed by atoms with Crippen molar-refractivity contribution in [2.75, 3.05) is 6.61 Å². The summed E-state index contributed by atoms with van der Waals surface area (Å²) in [5.74, 6) is 0.560. The predicted molar refractivity (Wildman–Crippen MR) is 82.2 cm³/mol. The fourth-order valence-electron chi connectivity index (χ4n) is 1.20. The van der Waals surface area contributed by atoms with E-state index in [1.165, 1.54) is 19.3 Å². The van der Waals surface area contributed by atoms with Gasteiger partial charge in [-0.25, -0.2) is 13.7 Å². The van der Waals surface area contributed by atoms with Crippen LogP contribution in [-0.2, 0) is 22.3 Å². The van der Waals surface area contributed by atoms with Crippen LogP contribution in [0.5, 0.6) is 0 Å². The maximum atomic E-state index is 10.4. The Kier molecular flexibility index (Phi) is 17.2. The number of rotatable bonds is 9. The van der Waals surface area contributed by atoms with Gasteiger partial charge < -0.3 is 29.6 Å². The summed E-state index contributed by atoms with van der Waals surface area (Å²) < 4.78 is 36.4. The molecule has 0 aromatic heterocycles. The number of hydrogen-bond donors (Lipinski definition) is 6. The summed E-state index contributed by atoms with van der Waals surface area (Å²) in [6, 6.07) is 0. The molecule has 137 valence electrons. The van der Waals surface area contributed by atoms with Gasteiger partial charge in [0.25, 0.3) is 0 Å². The molecular formula is C8H23NaO11P3. The van der Waals surface area contributed by atoms with E-state index in [-0.39, 0.29) is 29.6 Å². The van der Waals surface area contributed by atoms with Crippen LogP contribution in [0.2, 0.25) is 0 Å². The molecule has 1 unspecified atom stereocenters. The number of aliphatic hydroxyl groups excluding tert-OH is 1. The first-order chi connectivity index (χ1) is 9.76. The Bertz CT molecular complexity index is 401. The smallest absolute Gasteiger partial charge is 0.396 e. The second-order valence-electron chi connectivity index (χ2n) is 4.21. The fourth-order valence-corrected chi connectivity index (χ4v) is 3.74. The van der Waals surface area contributed by atoms with Crippen LogP contribution in [0, 0.1) is 5.92 Å². The quantitative estimate of drug-likeness (QED) is 0.235. The Labute approximate surface area is 156 Å². The summed E-state index contributed by atoms with van der Waals surface area (Å²) in [6.45, 7) is 4.69. The van der Waals surface area contributed by atoms with Crippen LogP contribution >= 0.6 is 23.5 Å². The average Bonchev–Trinajstić information content (AvgIpc) is 2.24. The maximum absolute atomic E-state index is 10.4. The van der Waals surface area contributed by atoms with Gasteiger partial charge in [0.05, 0.1) is 0 Å². The van der Waals surface area contributed by atoms with Crippen molar-refractivity contribution in [1.82, 2.24) is 0 Å². The van der Waals surface area contributed by atoms with E-state index in [4.69, 9.17) is 29.6 Å². The van der Waals surface area contributed by atoms with Gasteiger partial charge in [-0.05, 0) is 12.3 Å². The van der Waals surface area contributed by atoms with Crippen LogP contribution in [0.4, 0.5) is 0 Å². The van der Waals surface area contributed by atoms with E-state index < -0.39 is 23.5 Å². The van der Waals surface area contributed by atoms with Crippen molar-refractivity contribution >= 4 is 53.0 Å². The molecule has 6 N–H and O–H groups in total. The van der Waals surface area contributed by atoms with Crippen LogP contribution in [-0.4, -0.2) is 65.7 Å². The van der Waals surface area contributed by atoms with Gasteiger partial charge in [0, 0.05) is 36.2 Å². The van der Waals surface area contributed by atoms with E-state index in [2.05, 4.69) is 22.5 Å². The normalized spacial score (nSPS) is 13.6.